The van der Waals surface area contributed by atoms with E-state index in [1.54, 1.807) is 29.0 Å². The largest absolute Gasteiger partial charge is 0.348 e. The first-order valence-electron chi connectivity index (χ1n) is 9.66. The van der Waals surface area contributed by atoms with Crippen molar-refractivity contribution in [2.45, 2.75) is 13.0 Å². The van der Waals surface area contributed by atoms with Crippen LogP contribution in [0.5, 0.6) is 0 Å². The third kappa shape index (κ3) is 3.53. The van der Waals surface area contributed by atoms with Crippen LogP contribution >= 0.6 is 0 Å². The van der Waals surface area contributed by atoms with Crippen molar-refractivity contribution >= 4 is 28.4 Å². The van der Waals surface area contributed by atoms with Crippen LogP contribution in [0.4, 0.5) is 5.82 Å². The topological polar surface area (TPSA) is 93.4 Å². The van der Waals surface area contributed by atoms with E-state index in [1.807, 2.05) is 36.4 Å². The molecule has 0 saturated carbocycles. The van der Waals surface area contributed by atoms with Crippen molar-refractivity contribution in [1.82, 2.24) is 14.7 Å². The van der Waals surface area contributed by atoms with Gasteiger partial charge in [-0.15, -0.1) is 6.58 Å². The van der Waals surface area contributed by atoms with Crippen molar-refractivity contribution in [3.05, 3.63) is 94.9 Å². The Morgan fingerprint density at radius 2 is 1.97 bits per heavy atom. The molecule has 0 unspecified atom stereocenters. The molecule has 1 amide bonds. The fourth-order valence-electron chi connectivity index (χ4n) is 3.45. The molecule has 7 nitrogen and oxygen atoms in total. The molecule has 0 spiro atoms. The molecule has 150 valence electrons. The minimum Gasteiger partial charge on any atom is -0.348 e. The van der Waals surface area contributed by atoms with Gasteiger partial charge in [-0.05, 0) is 23.8 Å². The highest BCUT2D eigenvalue weighted by atomic mass is 16.1. The first kappa shape index (κ1) is 19.3. The number of nitrogen functional groups attached to an aromatic ring is 1. The predicted molar refractivity (Wildman–Crippen MR) is 116 cm³/mol. The number of aromatic nitrogens is 3. The number of hydrogen-bond donors (Lipinski definition) is 2. The number of aryl methyl sites for hydroxylation is 2. The number of nitrogens with zero attached hydrogens (tertiary/aromatic N) is 3. The SMILES string of the molecule is C=CCNC(=O)c1cc2c(=O)n3ccccc3nc2[n+](CCc2ccccc2)c1N. The number of carbonyl (C=O) groups excluding carboxylic acids is 1. The fraction of sp³-hybridized carbons (Fsp3) is 0.130. The maximum absolute atomic E-state index is 13.1. The number of rotatable bonds is 6. The highest BCUT2D eigenvalue weighted by molar-refractivity contribution is 6.00. The van der Waals surface area contributed by atoms with Crippen molar-refractivity contribution in [3.8, 4) is 0 Å². The summed E-state index contributed by atoms with van der Waals surface area (Å²) in [6.07, 6.45) is 3.92. The molecule has 0 aliphatic heterocycles. The van der Waals surface area contributed by atoms with Crippen LogP contribution in [0.25, 0.3) is 16.7 Å². The van der Waals surface area contributed by atoms with E-state index in [9.17, 15) is 9.59 Å². The lowest BCUT2D eigenvalue weighted by Crippen LogP contribution is -2.43. The Morgan fingerprint density at radius 3 is 2.73 bits per heavy atom. The summed E-state index contributed by atoms with van der Waals surface area (Å²) >= 11 is 0. The number of fused-ring (bicyclic) bond motifs is 2. The molecule has 0 bridgehead atoms. The molecular weight excluding hydrogens is 378 g/mol. The molecule has 30 heavy (non-hydrogen) atoms. The Bertz CT molecular complexity index is 1310. The van der Waals surface area contributed by atoms with Gasteiger partial charge in [0.2, 0.25) is 11.5 Å². The third-order valence-corrected chi connectivity index (χ3v) is 4.98. The van der Waals surface area contributed by atoms with Crippen LogP contribution in [0.1, 0.15) is 15.9 Å². The van der Waals surface area contributed by atoms with E-state index in [1.165, 1.54) is 10.5 Å². The quantitative estimate of drug-likeness (QED) is 0.294. The van der Waals surface area contributed by atoms with Gasteiger partial charge in [-0.2, -0.15) is 0 Å². The van der Waals surface area contributed by atoms with Crippen LogP contribution in [-0.4, -0.2) is 21.8 Å². The number of nitrogens with two attached hydrogens (primary N) is 1. The zero-order chi connectivity index (χ0) is 21.1. The lowest BCUT2D eigenvalue weighted by molar-refractivity contribution is -0.658. The Balaban J connectivity index is 1.92. The molecule has 3 N–H and O–H groups in total. The number of benzene rings is 1. The highest BCUT2D eigenvalue weighted by Gasteiger charge is 2.24. The zero-order valence-corrected chi connectivity index (χ0v) is 16.4. The van der Waals surface area contributed by atoms with Gasteiger partial charge in [0.15, 0.2) is 0 Å². The molecule has 3 heterocycles. The monoisotopic (exact) mass is 400 g/mol. The lowest BCUT2D eigenvalue weighted by atomic mass is 10.1. The molecule has 7 heteroatoms. The van der Waals surface area contributed by atoms with Gasteiger partial charge in [-0.3, -0.25) is 14.0 Å². The fourth-order valence-corrected chi connectivity index (χ4v) is 3.45. The van der Waals surface area contributed by atoms with Gasteiger partial charge in [-0.25, -0.2) is 4.57 Å². The molecule has 0 aliphatic carbocycles. The molecular formula is C23H22N5O2+. The van der Waals surface area contributed by atoms with Gasteiger partial charge in [-0.1, -0.05) is 47.5 Å². The highest BCUT2D eigenvalue weighted by Crippen LogP contribution is 2.15. The number of anilines is 1. The first-order chi connectivity index (χ1) is 14.6. The second-order valence-electron chi connectivity index (χ2n) is 6.91. The average Bonchev–Trinajstić information content (AvgIpc) is 2.77. The smallest absolute Gasteiger partial charge is 0.278 e. The van der Waals surface area contributed by atoms with Crippen molar-refractivity contribution in [1.29, 1.82) is 0 Å². The van der Waals surface area contributed by atoms with E-state index in [0.717, 1.165) is 5.56 Å². The van der Waals surface area contributed by atoms with E-state index in [2.05, 4.69) is 16.9 Å². The first-order valence-corrected chi connectivity index (χ1v) is 9.66. The second kappa shape index (κ2) is 8.16. The predicted octanol–water partition coefficient (Wildman–Crippen LogP) is 1.88. The molecule has 1 aromatic carbocycles. The van der Waals surface area contributed by atoms with Gasteiger partial charge in [0.05, 0.1) is 6.54 Å². The Morgan fingerprint density at radius 1 is 1.20 bits per heavy atom. The molecule has 4 aromatic rings. The summed E-state index contributed by atoms with van der Waals surface area (Å²) in [7, 11) is 0. The van der Waals surface area contributed by atoms with Crippen molar-refractivity contribution in [3.63, 3.8) is 0 Å². The summed E-state index contributed by atoms with van der Waals surface area (Å²) in [5.41, 5.74) is 8.50. The molecule has 3 aromatic heterocycles. The van der Waals surface area contributed by atoms with Gasteiger partial charge >= 0.3 is 0 Å². The van der Waals surface area contributed by atoms with Crippen LogP contribution in [0, 0.1) is 0 Å². The van der Waals surface area contributed by atoms with Crippen LogP contribution < -0.4 is 21.2 Å². The Hall–Kier alpha value is -4.00. The summed E-state index contributed by atoms with van der Waals surface area (Å²) in [5, 5.41) is 3.07. The maximum atomic E-state index is 13.1. The van der Waals surface area contributed by atoms with E-state index in [-0.39, 0.29) is 22.8 Å². The van der Waals surface area contributed by atoms with Crippen molar-refractivity contribution < 1.29 is 9.36 Å². The number of carbonyl (C=O) groups is 1. The summed E-state index contributed by atoms with van der Waals surface area (Å²) in [4.78, 5) is 30.5. The average molecular weight is 400 g/mol. The summed E-state index contributed by atoms with van der Waals surface area (Å²) < 4.78 is 3.21. The summed E-state index contributed by atoms with van der Waals surface area (Å²) in [6.45, 7) is 4.39. The van der Waals surface area contributed by atoms with E-state index in [4.69, 9.17) is 5.73 Å². The van der Waals surface area contributed by atoms with Crippen LogP contribution in [0.2, 0.25) is 0 Å². The minimum atomic E-state index is -0.361. The van der Waals surface area contributed by atoms with Gasteiger partial charge < -0.3 is 11.1 Å². The summed E-state index contributed by atoms with van der Waals surface area (Å²) in [6, 6.07) is 16.8. The standard InChI is InChI=1S/C23H21N5O2/c1-2-12-25-22(29)17-15-18-21(26-19-10-6-7-13-27(19)23(18)30)28(20(17)24)14-11-16-8-4-3-5-9-16/h2-10,13,15,24H,1,11-12,14H2,(H,25,29)/p+1. The van der Waals surface area contributed by atoms with Crippen LogP contribution in [0.3, 0.4) is 0 Å². The number of nitrogens with one attached hydrogen (secondary N) is 1. The van der Waals surface area contributed by atoms with Crippen LogP contribution in [0.15, 0.2) is 78.2 Å². The summed E-state index contributed by atoms with van der Waals surface area (Å²) in [5.74, 6) is -0.0903. The minimum absolute atomic E-state index is 0.243. The van der Waals surface area contributed by atoms with Crippen molar-refractivity contribution in [2.24, 2.45) is 0 Å². The van der Waals surface area contributed by atoms with Gasteiger partial charge in [0.25, 0.3) is 17.1 Å². The maximum Gasteiger partial charge on any atom is 0.278 e. The van der Waals surface area contributed by atoms with E-state index >= 15 is 0 Å². The number of hydrogen-bond acceptors (Lipinski definition) is 4. The number of amides is 1. The Labute approximate surface area is 173 Å². The van der Waals surface area contributed by atoms with Gasteiger partial charge in [0, 0.05) is 19.2 Å². The zero-order valence-electron chi connectivity index (χ0n) is 16.4. The second-order valence-corrected chi connectivity index (χ2v) is 6.91. The molecule has 0 saturated heterocycles. The molecule has 0 fully saturated rings. The lowest BCUT2D eigenvalue weighted by Gasteiger charge is -2.12. The third-order valence-electron chi connectivity index (χ3n) is 4.98. The van der Waals surface area contributed by atoms with Crippen molar-refractivity contribution in [2.75, 3.05) is 12.3 Å². The molecule has 4 rings (SSSR count). The Kier molecular flexibility index (Phi) is 5.26. The van der Waals surface area contributed by atoms with Gasteiger partial charge in [0.1, 0.15) is 10.9 Å². The molecule has 0 radical (unpaired) electrons. The molecule has 0 atom stereocenters. The van der Waals surface area contributed by atoms with Crippen LogP contribution in [-0.2, 0) is 13.0 Å². The molecule has 0 aliphatic rings. The number of pyridine rings is 2. The normalized spacial score (nSPS) is 10.9. The van der Waals surface area contributed by atoms with E-state index in [0.29, 0.717) is 36.2 Å². The van der Waals surface area contributed by atoms with E-state index < -0.39 is 0 Å².